The standard InChI is InChI=1S/C23H16Cl2N2O3S3/c24-16-7-5-12(9-17(16)25)18-8-6-13(30-18)10-20-22(29)27(23(31)33-20)26-21(28)15-11-32-19-4-2-1-3-14(15)19/h5-11H,1-4H2,(H,26,28). The number of hydrazine groups is 1. The SMILES string of the molecule is O=C(NN1C(=O)C(=Cc2ccc(-c3ccc(Cl)c(Cl)c3)o2)SC1=S)c1csc2c1CCCC2. The number of aryl methyl sites for hydroxylation is 1. The fourth-order valence-corrected chi connectivity index (χ4v) is 6.36. The molecule has 10 heteroatoms. The highest BCUT2D eigenvalue weighted by Gasteiger charge is 2.35. The molecule has 33 heavy (non-hydrogen) atoms. The molecule has 0 spiro atoms. The van der Waals surface area contributed by atoms with Gasteiger partial charge in [0.15, 0.2) is 4.32 Å². The number of fused-ring (bicyclic) bond motifs is 1. The molecule has 2 aliphatic rings. The lowest BCUT2D eigenvalue weighted by molar-refractivity contribution is -0.123. The largest absolute Gasteiger partial charge is 0.457 e. The van der Waals surface area contributed by atoms with Gasteiger partial charge >= 0.3 is 0 Å². The van der Waals surface area contributed by atoms with Gasteiger partial charge in [0.05, 0.1) is 20.5 Å². The van der Waals surface area contributed by atoms with E-state index >= 15 is 0 Å². The number of thiophene rings is 1. The summed E-state index contributed by atoms with van der Waals surface area (Å²) in [7, 11) is 0. The van der Waals surface area contributed by atoms with Gasteiger partial charge in [-0.3, -0.25) is 15.0 Å². The van der Waals surface area contributed by atoms with Crippen molar-refractivity contribution >= 4 is 80.7 Å². The maximum absolute atomic E-state index is 12.9. The molecule has 2 aromatic heterocycles. The topological polar surface area (TPSA) is 62.6 Å². The molecule has 1 aliphatic carbocycles. The summed E-state index contributed by atoms with van der Waals surface area (Å²) in [5.74, 6) is 0.363. The van der Waals surface area contributed by atoms with Crippen molar-refractivity contribution in [2.45, 2.75) is 25.7 Å². The number of benzene rings is 1. The minimum atomic E-state index is -0.394. The van der Waals surface area contributed by atoms with Gasteiger partial charge < -0.3 is 4.42 Å². The van der Waals surface area contributed by atoms with Crippen molar-refractivity contribution in [2.24, 2.45) is 0 Å². The molecule has 0 saturated carbocycles. The van der Waals surface area contributed by atoms with Gasteiger partial charge in [0.25, 0.3) is 11.8 Å². The first-order valence-corrected chi connectivity index (χ1v) is 13.0. The van der Waals surface area contributed by atoms with Crippen LogP contribution in [0, 0.1) is 0 Å². The Kier molecular flexibility index (Phi) is 6.37. The number of carbonyl (C=O) groups excluding carboxylic acids is 2. The lowest BCUT2D eigenvalue weighted by Gasteiger charge is -2.17. The van der Waals surface area contributed by atoms with E-state index < -0.39 is 5.91 Å². The summed E-state index contributed by atoms with van der Waals surface area (Å²) in [6.07, 6.45) is 5.72. The van der Waals surface area contributed by atoms with Crippen molar-refractivity contribution in [3.8, 4) is 11.3 Å². The molecule has 2 amide bonds. The smallest absolute Gasteiger partial charge is 0.285 e. The van der Waals surface area contributed by atoms with Gasteiger partial charge in [0.2, 0.25) is 0 Å². The Morgan fingerprint density at radius 1 is 1.15 bits per heavy atom. The molecule has 0 bridgehead atoms. The third-order valence-corrected chi connectivity index (χ3v) is 8.55. The van der Waals surface area contributed by atoms with Gasteiger partial charge in [-0.05, 0) is 73.8 Å². The third-order valence-electron chi connectivity index (χ3n) is 5.42. The molecule has 0 radical (unpaired) electrons. The molecule has 1 aromatic carbocycles. The number of amides is 2. The summed E-state index contributed by atoms with van der Waals surface area (Å²) in [4.78, 5) is 27.4. The zero-order valence-corrected chi connectivity index (χ0v) is 21.0. The van der Waals surface area contributed by atoms with Crippen LogP contribution in [0.1, 0.15) is 39.4 Å². The van der Waals surface area contributed by atoms with Crippen LogP contribution < -0.4 is 5.43 Å². The minimum Gasteiger partial charge on any atom is -0.457 e. The van der Waals surface area contributed by atoms with Gasteiger partial charge in [0.1, 0.15) is 11.5 Å². The molecule has 1 N–H and O–H groups in total. The molecule has 5 rings (SSSR count). The number of hydrogen-bond donors (Lipinski definition) is 1. The maximum atomic E-state index is 12.9. The molecule has 5 nitrogen and oxygen atoms in total. The van der Waals surface area contributed by atoms with Crippen molar-refractivity contribution in [1.29, 1.82) is 0 Å². The first kappa shape index (κ1) is 22.7. The monoisotopic (exact) mass is 534 g/mol. The highest BCUT2D eigenvalue weighted by molar-refractivity contribution is 8.26. The number of halogens is 2. The molecule has 168 valence electrons. The Bertz CT molecular complexity index is 1330. The zero-order valence-electron chi connectivity index (χ0n) is 17.0. The summed E-state index contributed by atoms with van der Waals surface area (Å²) >= 11 is 20.1. The van der Waals surface area contributed by atoms with E-state index in [2.05, 4.69) is 5.43 Å². The number of nitrogens with zero attached hydrogens (tertiary/aromatic N) is 1. The van der Waals surface area contributed by atoms with Gasteiger partial charge in [-0.25, -0.2) is 0 Å². The fraction of sp³-hybridized carbons (Fsp3) is 0.174. The van der Waals surface area contributed by atoms with Gasteiger partial charge in [-0.2, -0.15) is 5.01 Å². The minimum absolute atomic E-state index is 0.264. The summed E-state index contributed by atoms with van der Waals surface area (Å²) in [5.41, 5.74) is 5.17. The molecular weight excluding hydrogens is 519 g/mol. The summed E-state index contributed by atoms with van der Waals surface area (Å²) in [6.45, 7) is 0. The highest BCUT2D eigenvalue weighted by atomic mass is 35.5. The Morgan fingerprint density at radius 2 is 1.97 bits per heavy atom. The molecule has 1 aliphatic heterocycles. The van der Waals surface area contributed by atoms with Crippen LogP contribution in [0.5, 0.6) is 0 Å². The quantitative estimate of drug-likeness (QED) is 0.296. The molecule has 3 aromatic rings. The fourth-order valence-electron chi connectivity index (χ4n) is 3.77. The average molecular weight is 535 g/mol. The van der Waals surface area contributed by atoms with Crippen molar-refractivity contribution in [3.05, 3.63) is 72.4 Å². The normalized spacial score (nSPS) is 17.0. The average Bonchev–Trinajstić information content (AvgIpc) is 3.51. The number of hydrogen-bond acceptors (Lipinski definition) is 6. The van der Waals surface area contributed by atoms with Gasteiger partial charge in [-0.15, -0.1) is 11.3 Å². The second kappa shape index (κ2) is 9.27. The van der Waals surface area contributed by atoms with Crippen LogP contribution in [0.3, 0.4) is 0 Å². The van der Waals surface area contributed by atoms with Crippen LogP contribution in [0.15, 0.2) is 45.0 Å². The number of rotatable bonds is 4. The first-order chi connectivity index (χ1) is 15.9. The number of nitrogens with one attached hydrogen (secondary N) is 1. The van der Waals surface area contributed by atoms with Crippen LogP contribution in [-0.4, -0.2) is 21.1 Å². The van der Waals surface area contributed by atoms with E-state index in [4.69, 9.17) is 39.8 Å². The second-order valence-electron chi connectivity index (χ2n) is 7.55. The van der Waals surface area contributed by atoms with Crippen molar-refractivity contribution in [3.63, 3.8) is 0 Å². The maximum Gasteiger partial charge on any atom is 0.285 e. The van der Waals surface area contributed by atoms with Gasteiger partial charge in [0, 0.05) is 21.9 Å². The molecular formula is C23H16Cl2N2O3S3. The van der Waals surface area contributed by atoms with E-state index in [1.165, 1.54) is 4.88 Å². The van der Waals surface area contributed by atoms with Crippen molar-refractivity contribution in [1.82, 2.24) is 10.4 Å². The van der Waals surface area contributed by atoms with Crippen LogP contribution in [-0.2, 0) is 17.6 Å². The Morgan fingerprint density at radius 3 is 2.79 bits per heavy atom. The molecule has 1 saturated heterocycles. The summed E-state index contributed by atoms with van der Waals surface area (Å²) < 4.78 is 6.12. The summed E-state index contributed by atoms with van der Waals surface area (Å²) in [5, 5.41) is 3.88. The Hall–Kier alpha value is -2.10. The zero-order chi connectivity index (χ0) is 23.1. The van der Waals surface area contributed by atoms with Crippen LogP contribution in [0.2, 0.25) is 10.0 Å². The van der Waals surface area contributed by atoms with E-state index in [1.54, 1.807) is 47.7 Å². The molecule has 3 heterocycles. The van der Waals surface area contributed by atoms with Gasteiger partial charge in [-0.1, -0.05) is 35.0 Å². The van der Waals surface area contributed by atoms with E-state index in [9.17, 15) is 9.59 Å². The number of carbonyl (C=O) groups is 2. The highest BCUT2D eigenvalue weighted by Crippen LogP contribution is 2.35. The number of thioether (sulfide) groups is 1. The Labute approximate surface area is 213 Å². The predicted molar refractivity (Wildman–Crippen MR) is 138 cm³/mol. The van der Waals surface area contributed by atoms with Crippen molar-refractivity contribution < 1.29 is 14.0 Å². The van der Waals surface area contributed by atoms with E-state index in [-0.39, 0.29) is 10.2 Å². The molecule has 0 unspecified atom stereocenters. The van der Waals surface area contributed by atoms with Crippen molar-refractivity contribution in [2.75, 3.05) is 0 Å². The summed E-state index contributed by atoms with van der Waals surface area (Å²) in [6, 6.07) is 8.74. The number of thiocarbonyl (C=S) groups is 1. The number of furan rings is 1. The van der Waals surface area contributed by atoms with E-state index in [0.717, 1.165) is 53.6 Å². The van der Waals surface area contributed by atoms with E-state index in [1.807, 2.05) is 5.38 Å². The predicted octanol–water partition coefficient (Wildman–Crippen LogP) is 6.74. The van der Waals surface area contributed by atoms with Crippen LogP contribution in [0.25, 0.3) is 17.4 Å². The Balaban J connectivity index is 1.32. The molecule has 1 fully saturated rings. The van der Waals surface area contributed by atoms with Crippen LogP contribution in [0.4, 0.5) is 0 Å². The lowest BCUT2D eigenvalue weighted by Crippen LogP contribution is -2.45. The lowest BCUT2D eigenvalue weighted by atomic mass is 9.96. The van der Waals surface area contributed by atoms with E-state index in [0.29, 0.717) is 32.0 Å². The molecule has 0 atom stereocenters. The van der Waals surface area contributed by atoms with Crippen LogP contribution >= 0.6 is 58.5 Å². The second-order valence-corrected chi connectivity index (χ2v) is 11.0. The third kappa shape index (κ3) is 4.50. The first-order valence-electron chi connectivity index (χ1n) is 10.1.